The molecule has 0 saturated heterocycles. The molecule has 2 rings (SSSR count). The highest BCUT2D eigenvalue weighted by atomic mass is 79.9. The molecular formula is C13H14BrN3. The molecule has 0 amide bonds. The van der Waals surface area contributed by atoms with Crippen LogP contribution in [-0.4, -0.2) is 9.97 Å². The summed E-state index contributed by atoms with van der Waals surface area (Å²) in [6, 6.07) is 8.00. The van der Waals surface area contributed by atoms with Gasteiger partial charge in [-0.3, -0.25) is 4.98 Å². The average molecular weight is 292 g/mol. The van der Waals surface area contributed by atoms with E-state index in [1.165, 1.54) is 0 Å². The number of rotatable bonds is 3. The summed E-state index contributed by atoms with van der Waals surface area (Å²) in [5, 5.41) is 3.35. The topological polar surface area (TPSA) is 37.8 Å². The van der Waals surface area contributed by atoms with Gasteiger partial charge in [-0.05, 0) is 53.5 Å². The lowest BCUT2D eigenvalue weighted by Gasteiger charge is -2.15. The normalized spacial score (nSPS) is 12.2. The van der Waals surface area contributed by atoms with Crippen LogP contribution < -0.4 is 5.32 Å². The Morgan fingerprint density at radius 3 is 2.71 bits per heavy atom. The van der Waals surface area contributed by atoms with E-state index in [1.54, 1.807) is 12.4 Å². The monoisotopic (exact) mass is 291 g/mol. The van der Waals surface area contributed by atoms with Gasteiger partial charge in [-0.1, -0.05) is 6.07 Å². The first-order chi connectivity index (χ1) is 8.18. The summed E-state index contributed by atoms with van der Waals surface area (Å²) in [4.78, 5) is 8.64. The molecule has 0 saturated carbocycles. The Kier molecular flexibility index (Phi) is 3.74. The molecule has 0 aromatic carbocycles. The van der Waals surface area contributed by atoms with Gasteiger partial charge in [0.05, 0.1) is 16.2 Å². The van der Waals surface area contributed by atoms with Crippen LogP contribution in [0.1, 0.15) is 24.2 Å². The quantitative estimate of drug-likeness (QED) is 0.937. The van der Waals surface area contributed by atoms with Gasteiger partial charge in [0.15, 0.2) is 0 Å². The zero-order valence-electron chi connectivity index (χ0n) is 9.81. The van der Waals surface area contributed by atoms with Gasteiger partial charge in [0.25, 0.3) is 0 Å². The van der Waals surface area contributed by atoms with Gasteiger partial charge in [-0.25, -0.2) is 4.98 Å². The van der Waals surface area contributed by atoms with Crippen molar-refractivity contribution in [1.29, 1.82) is 0 Å². The molecule has 1 atom stereocenters. The van der Waals surface area contributed by atoms with Crippen molar-refractivity contribution in [2.75, 3.05) is 5.32 Å². The lowest BCUT2D eigenvalue weighted by atomic mass is 10.2. The Bertz CT molecular complexity index is 499. The Hall–Kier alpha value is -1.42. The minimum atomic E-state index is 0.127. The summed E-state index contributed by atoms with van der Waals surface area (Å²) in [5.74, 6) is 0.850. The zero-order chi connectivity index (χ0) is 12.3. The molecule has 2 heterocycles. The third-order valence-corrected chi connectivity index (χ3v) is 3.57. The van der Waals surface area contributed by atoms with Gasteiger partial charge in [0.1, 0.15) is 5.82 Å². The molecular weight excluding hydrogens is 278 g/mol. The lowest BCUT2D eigenvalue weighted by Crippen LogP contribution is -2.10. The van der Waals surface area contributed by atoms with Crippen molar-refractivity contribution in [3.8, 4) is 0 Å². The van der Waals surface area contributed by atoms with Crippen LogP contribution in [0.2, 0.25) is 0 Å². The van der Waals surface area contributed by atoms with Crippen LogP contribution >= 0.6 is 15.9 Å². The summed E-state index contributed by atoms with van der Waals surface area (Å²) >= 11 is 3.54. The maximum Gasteiger partial charge on any atom is 0.141 e. The molecule has 2 aromatic heterocycles. The fourth-order valence-corrected chi connectivity index (χ4v) is 1.90. The molecule has 4 heteroatoms. The van der Waals surface area contributed by atoms with Crippen molar-refractivity contribution in [2.24, 2.45) is 0 Å². The van der Waals surface area contributed by atoms with E-state index in [4.69, 9.17) is 0 Å². The van der Waals surface area contributed by atoms with Crippen molar-refractivity contribution in [3.63, 3.8) is 0 Å². The molecule has 0 radical (unpaired) electrons. The van der Waals surface area contributed by atoms with E-state index in [-0.39, 0.29) is 6.04 Å². The molecule has 1 N–H and O–H groups in total. The minimum absolute atomic E-state index is 0.127. The maximum absolute atomic E-state index is 4.32. The van der Waals surface area contributed by atoms with Crippen molar-refractivity contribution in [2.45, 2.75) is 19.9 Å². The number of aryl methyl sites for hydroxylation is 1. The minimum Gasteiger partial charge on any atom is -0.361 e. The van der Waals surface area contributed by atoms with Crippen molar-refractivity contribution >= 4 is 21.7 Å². The SMILES string of the molecule is Cc1ccnc(NC(C)c2ccccn2)c1Br. The van der Waals surface area contributed by atoms with Crippen LogP contribution in [0.5, 0.6) is 0 Å². The number of aromatic nitrogens is 2. The number of hydrogen-bond donors (Lipinski definition) is 1. The number of hydrogen-bond acceptors (Lipinski definition) is 3. The van der Waals surface area contributed by atoms with Crippen LogP contribution in [0.25, 0.3) is 0 Å². The second kappa shape index (κ2) is 5.27. The molecule has 0 fully saturated rings. The summed E-state index contributed by atoms with van der Waals surface area (Å²) < 4.78 is 1.00. The van der Waals surface area contributed by atoms with E-state index < -0.39 is 0 Å². The number of nitrogens with zero attached hydrogens (tertiary/aromatic N) is 2. The van der Waals surface area contributed by atoms with Crippen LogP contribution in [-0.2, 0) is 0 Å². The van der Waals surface area contributed by atoms with Crippen LogP contribution in [0.15, 0.2) is 41.1 Å². The van der Waals surface area contributed by atoms with E-state index in [9.17, 15) is 0 Å². The molecule has 3 nitrogen and oxygen atoms in total. The third kappa shape index (κ3) is 2.82. The first-order valence-electron chi connectivity index (χ1n) is 5.47. The highest BCUT2D eigenvalue weighted by molar-refractivity contribution is 9.10. The summed E-state index contributed by atoms with van der Waals surface area (Å²) in [6.45, 7) is 4.11. The van der Waals surface area contributed by atoms with Gasteiger partial charge in [-0.15, -0.1) is 0 Å². The van der Waals surface area contributed by atoms with Crippen molar-refractivity contribution < 1.29 is 0 Å². The van der Waals surface area contributed by atoms with Gasteiger partial charge >= 0.3 is 0 Å². The summed E-state index contributed by atoms with van der Waals surface area (Å²) in [7, 11) is 0. The number of anilines is 1. The second-order valence-corrected chi connectivity index (χ2v) is 4.70. The lowest BCUT2D eigenvalue weighted by molar-refractivity contribution is 0.830. The van der Waals surface area contributed by atoms with E-state index in [0.29, 0.717) is 0 Å². The number of nitrogens with one attached hydrogen (secondary N) is 1. The molecule has 0 aliphatic rings. The molecule has 88 valence electrons. The van der Waals surface area contributed by atoms with Crippen LogP contribution in [0, 0.1) is 6.92 Å². The maximum atomic E-state index is 4.32. The third-order valence-electron chi connectivity index (χ3n) is 2.57. The molecule has 1 unspecified atom stereocenters. The Labute approximate surface area is 109 Å². The molecule has 0 bridgehead atoms. The number of pyridine rings is 2. The van der Waals surface area contributed by atoms with Crippen LogP contribution in [0.3, 0.4) is 0 Å². The summed E-state index contributed by atoms with van der Waals surface area (Å²) in [5.41, 5.74) is 2.17. The van der Waals surface area contributed by atoms with E-state index in [2.05, 4.69) is 38.1 Å². The fraction of sp³-hybridized carbons (Fsp3) is 0.231. The second-order valence-electron chi connectivity index (χ2n) is 3.91. The standard InChI is InChI=1S/C13H14BrN3/c1-9-6-8-16-13(12(9)14)17-10(2)11-5-3-4-7-15-11/h3-8,10H,1-2H3,(H,16,17). The molecule has 0 spiro atoms. The largest absolute Gasteiger partial charge is 0.361 e. The summed E-state index contributed by atoms with van der Waals surface area (Å²) in [6.07, 6.45) is 3.60. The number of halogens is 1. The molecule has 17 heavy (non-hydrogen) atoms. The smallest absolute Gasteiger partial charge is 0.141 e. The predicted octanol–water partition coefficient (Wildman–Crippen LogP) is 3.72. The Morgan fingerprint density at radius 2 is 2.00 bits per heavy atom. The van der Waals surface area contributed by atoms with Crippen LogP contribution in [0.4, 0.5) is 5.82 Å². The van der Waals surface area contributed by atoms with Crippen molar-refractivity contribution in [1.82, 2.24) is 9.97 Å². The highest BCUT2D eigenvalue weighted by Crippen LogP contribution is 2.26. The molecule has 2 aromatic rings. The predicted molar refractivity (Wildman–Crippen MR) is 72.9 cm³/mol. The fourth-order valence-electron chi connectivity index (χ4n) is 1.55. The first-order valence-corrected chi connectivity index (χ1v) is 6.26. The Balaban J connectivity index is 2.19. The highest BCUT2D eigenvalue weighted by Gasteiger charge is 2.10. The van der Waals surface area contributed by atoms with Crippen molar-refractivity contribution in [3.05, 3.63) is 52.4 Å². The van der Waals surface area contributed by atoms with Gasteiger partial charge in [0.2, 0.25) is 0 Å². The zero-order valence-corrected chi connectivity index (χ0v) is 11.4. The molecule has 0 aliphatic carbocycles. The van der Waals surface area contributed by atoms with Gasteiger partial charge in [-0.2, -0.15) is 0 Å². The molecule has 0 aliphatic heterocycles. The first kappa shape index (κ1) is 12.0. The Morgan fingerprint density at radius 1 is 1.18 bits per heavy atom. The van der Waals surface area contributed by atoms with Gasteiger partial charge in [0, 0.05) is 12.4 Å². The average Bonchev–Trinajstić information content (AvgIpc) is 2.36. The van der Waals surface area contributed by atoms with Gasteiger partial charge < -0.3 is 5.32 Å². The van der Waals surface area contributed by atoms with E-state index in [0.717, 1.165) is 21.5 Å². The van der Waals surface area contributed by atoms with E-state index >= 15 is 0 Å². The van der Waals surface area contributed by atoms with E-state index in [1.807, 2.05) is 31.2 Å².